The molecule has 0 aromatic heterocycles. The van der Waals surface area contributed by atoms with Gasteiger partial charge in [0.05, 0.1) is 6.10 Å². The normalized spacial score (nSPS) is 41.9. The van der Waals surface area contributed by atoms with Crippen LogP contribution in [-0.2, 0) is 14.3 Å². The van der Waals surface area contributed by atoms with Crippen molar-refractivity contribution in [1.29, 1.82) is 0 Å². The fourth-order valence-corrected chi connectivity index (χ4v) is 9.81. The molecule has 2 fully saturated rings. The van der Waals surface area contributed by atoms with Crippen molar-refractivity contribution in [3.8, 4) is 0 Å². The Hall–Kier alpha value is -1.62. The molecule has 0 heterocycles. The van der Waals surface area contributed by atoms with Crippen molar-refractivity contribution in [2.45, 2.75) is 125 Å². The highest BCUT2D eigenvalue weighted by atomic mass is 16.5. The second-order valence-corrected chi connectivity index (χ2v) is 14.1. The quantitative estimate of drug-likeness (QED) is 0.225. The molecule has 37 heavy (non-hydrogen) atoms. The maximum atomic E-state index is 12.4. The summed E-state index contributed by atoms with van der Waals surface area (Å²) in [5.41, 5.74) is 3.37. The molecule has 0 bridgehead atoms. The third-order valence-corrected chi connectivity index (χ3v) is 12.2. The zero-order chi connectivity index (χ0) is 27.6. The molecule has 4 rings (SSSR count). The van der Waals surface area contributed by atoms with Gasteiger partial charge in [0.25, 0.3) is 0 Å². The van der Waals surface area contributed by atoms with Crippen LogP contribution in [0.15, 0.2) is 22.8 Å². The number of ether oxygens (including phenoxy) is 1. The van der Waals surface area contributed by atoms with Gasteiger partial charge in [-0.15, -0.1) is 0 Å². The van der Waals surface area contributed by atoms with E-state index in [0.29, 0.717) is 23.3 Å². The van der Waals surface area contributed by atoms with Crippen LogP contribution in [0.5, 0.6) is 0 Å². The van der Waals surface area contributed by atoms with Gasteiger partial charge in [-0.25, -0.2) is 4.79 Å². The Morgan fingerprint density at radius 2 is 1.73 bits per heavy atom. The number of carbonyl (C=O) groups is 2. The van der Waals surface area contributed by atoms with Gasteiger partial charge >= 0.3 is 11.9 Å². The molecule has 4 aliphatic rings. The van der Waals surface area contributed by atoms with E-state index in [1.54, 1.807) is 18.1 Å². The summed E-state index contributed by atoms with van der Waals surface area (Å²) in [6, 6.07) is 0. The topological polar surface area (TPSA) is 83.8 Å². The molecule has 8 atom stereocenters. The van der Waals surface area contributed by atoms with E-state index in [1.807, 2.05) is 6.08 Å². The van der Waals surface area contributed by atoms with E-state index in [2.05, 4.69) is 41.5 Å². The maximum absolute atomic E-state index is 12.4. The highest BCUT2D eigenvalue weighted by molar-refractivity contribution is 5.85. The van der Waals surface area contributed by atoms with Gasteiger partial charge in [0.2, 0.25) is 0 Å². The van der Waals surface area contributed by atoms with E-state index < -0.39 is 5.97 Å². The minimum atomic E-state index is -0.850. The van der Waals surface area contributed by atoms with Gasteiger partial charge in [0.15, 0.2) is 0 Å². The van der Waals surface area contributed by atoms with Crippen LogP contribution in [0.1, 0.15) is 113 Å². The van der Waals surface area contributed by atoms with E-state index in [-0.39, 0.29) is 39.8 Å². The van der Waals surface area contributed by atoms with E-state index in [1.165, 1.54) is 6.92 Å². The number of aliphatic hydroxyl groups excluding tert-OH is 1. The minimum absolute atomic E-state index is 0.0177. The molecule has 5 nitrogen and oxygen atoms in total. The predicted molar refractivity (Wildman–Crippen MR) is 146 cm³/mol. The predicted octanol–water partition coefficient (Wildman–Crippen LogP) is 7.09. The van der Waals surface area contributed by atoms with Gasteiger partial charge in [-0.1, -0.05) is 58.8 Å². The molecule has 4 aliphatic carbocycles. The molecule has 2 N–H and O–H groups in total. The Kier molecular flexibility index (Phi) is 7.32. The second-order valence-electron chi connectivity index (χ2n) is 14.1. The lowest BCUT2D eigenvalue weighted by Crippen LogP contribution is -2.56. The van der Waals surface area contributed by atoms with Crippen molar-refractivity contribution in [2.24, 2.45) is 39.4 Å². The minimum Gasteiger partial charge on any atom is -0.478 e. The molecule has 0 aliphatic heterocycles. The van der Waals surface area contributed by atoms with Gasteiger partial charge in [0, 0.05) is 17.9 Å². The highest BCUT2D eigenvalue weighted by Crippen LogP contribution is 2.73. The first-order valence-electron chi connectivity index (χ1n) is 14.6. The number of allylic oxidation sites excluding steroid dienone is 2. The summed E-state index contributed by atoms with van der Waals surface area (Å²) >= 11 is 0. The third-order valence-electron chi connectivity index (χ3n) is 12.2. The molecule has 2 saturated carbocycles. The van der Waals surface area contributed by atoms with Crippen LogP contribution in [0.2, 0.25) is 0 Å². The van der Waals surface area contributed by atoms with Gasteiger partial charge in [-0.2, -0.15) is 0 Å². The molecule has 0 aromatic rings. The van der Waals surface area contributed by atoms with Crippen LogP contribution >= 0.6 is 0 Å². The van der Waals surface area contributed by atoms with E-state index in [4.69, 9.17) is 4.74 Å². The summed E-state index contributed by atoms with van der Waals surface area (Å²) in [6.07, 6.45) is 10.2. The molecule has 0 spiro atoms. The van der Waals surface area contributed by atoms with Gasteiger partial charge < -0.3 is 14.9 Å². The number of aliphatic hydroxyl groups is 1. The fraction of sp³-hybridized carbons (Fsp3) is 0.812. The molecular weight excluding hydrogens is 464 g/mol. The summed E-state index contributed by atoms with van der Waals surface area (Å²) < 4.78 is 6.18. The third kappa shape index (κ3) is 4.22. The van der Waals surface area contributed by atoms with Crippen LogP contribution in [0.3, 0.4) is 0 Å². The van der Waals surface area contributed by atoms with E-state index in [0.717, 1.165) is 57.8 Å². The van der Waals surface area contributed by atoms with Crippen LogP contribution in [0, 0.1) is 39.4 Å². The van der Waals surface area contributed by atoms with Crippen molar-refractivity contribution < 1.29 is 24.5 Å². The first kappa shape index (κ1) is 28.4. The lowest BCUT2D eigenvalue weighted by Gasteiger charge is -2.62. The maximum Gasteiger partial charge on any atom is 0.330 e. The number of fused-ring (bicyclic) bond motifs is 4. The number of rotatable bonds is 6. The van der Waals surface area contributed by atoms with Crippen LogP contribution in [-0.4, -0.2) is 34.4 Å². The van der Waals surface area contributed by atoms with Gasteiger partial charge in [-0.3, -0.25) is 4.79 Å². The lowest BCUT2D eigenvalue weighted by atomic mass is 9.43. The zero-order valence-electron chi connectivity index (χ0n) is 24.4. The van der Waals surface area contributed by atoms with E-state index in [9.17, 15) is 19.8 Å². The number of hydrogen-bond acceptors (Lipinski definition) is 4. The number of carbonyl (C=O) groups excluding carboxylic acids is 1. The average molecular weight is 515 g/mol. The van der Waals surface area contributed by atoms with Crippen molar-refractivity contribution in [2.75, 3.05) is 0 Å². The Bertz CT molecular complexity index is 1010. The molecular formula is C32H50O5. The van der Waals surface area contributed by atoms with Crippen LogP contribution in [0.25, 0.3) is 0 Å². The summed E-state index contributed by atoms with van der Waals surface area (Å²) in [5.74, 6) is 0.224. The molecule has 0 radical (unpaired) electrons. The zero-order valence-corrected chi connectivity index (χ0v) is 24.4. The average Bonchev–Trinajstić information content (AvgIpc) is 3.03. The summed E-state index contributed by atoms with van der Waals surface area (Å²) in [5, 5.41) is 20.1. The molecule has 0 saturated heterocycles. The first-order chi connectivity index (χ1) is 17.1. The summed E-state index contributed by atoms with van der Waals surface area (Å²) in [6.45, 7) is 17.3. The van der Waals surface area contributed by atoms with Crippen molar-refractivity contribution in [3.63, 3.8) is 0 Å². The molecule has 208 valence electrons. The molecule has 5 heteroatoms. The largest absolute Gasteiger partial charge is 0.478 e. The number of carboxylic acids is 1. The SMILES string of the molecule is CC(=O)O[C@H]1C[C@H]([C@H](C)CC/C=C(\C)C(=O)O)[C@@]2(C)CCC3=C(CC[C@H]4C(C)(C)[C@@H](O)CC[C@]34C)[C@]12C. The fourth-order valence-electron chi connectivity index (χ4n) is 9.81. The number of aliphatic carboxylic acids is 1. The number of esters is 1. The van der Waals surface area contributed by atoms with Gasteiger partial charge in [-0.05, 0) is 98.7 Å². The monoisotopic (exact) mass is 514 g/mol. The smallest absolute Gasteiger partial charge is 0.330 e. The second kappa shape index (κ2) is 9.54. The molecule has 0 unspecified atom stereocenters. The summed E-state index contributed by atoms with van der Waals surface area (Å²) in [7, 11) is 0. The lowest BCUT2D eigenvalue weighted by molar-refractivity contribution is -0.153. The molecule has 0 aromatic carbocycles. The van der Waals surface area contributed by atoms with Gasteiger partial charge in [0.1, 0.15) is 6.10 Å². The van der Waals surface area contributed by atoms with Crippen molar-refractivity contribution >= 4 is 11.9 Å². The van der Waals surface area contributed by atoms with Crippen molar-refractivity contribution in [3.05, 3.63) is 22.8 Å². The standard InChI is InChI=1S/C32H50O5/c1-19(10-9-11-20(2)28(35)36)24-18-27(37-21(3)33)32(8)23-12-13-25-29(4,5)26(34)15-16-30(25,6)22(23)14-17-31(24,32)7/h11,19,24-27,34H,9-10,12-18H2,1-8H3,(H,35,36)/b20-11+/t19-,24-,25+,26+,27+,30-,31-,32-/m1/s1. The molecule has 0 amide bonds. The number of carboxylic acid groups (broad SMARTS) is 1. The Morgan fingerprint density at radius 1 is 1.05 bits per heavy atom. The summed E-state index contributed by atoms with van der Waals surface area (Å²) in [4.78, 5) is 23.6. The van der Waals surface area contributed by atoms with Crippen LogP contribution in [0.4, 0.5) is 0 Å². The Balaban J connectivity index is 1.72. The van der Waals surface area contributed by atoms with E-state index >= 15 is 0 Å². The highest BCUT2D eigenvalue weighted by Gasteiger charge is 2.67. The van der Waals surface area contributed by atoms with Crippen LogP contribution < -0.4 is 0 Å². The first-order valence-corrected chi connectivity index (χ1v) is 14.6. The number of hydrogen-bond donors (Lipinski definition) is 2. The van der Waals surface area contributed by atoms with Crippen molar-refractivity contribution in [1.82, 2.24) is 0 Å². The Morgan fingerprint density at radius 3 is 2.35 bits per heavy atom. The Labute approximate surface area is 224 Å².